The van der Waals surface area contributed by atoms with Gasteiger partial charge in [-0.15, -0.1) is 11.8 Å². The van der Waals surface area contributed by atoms with Gasteiger partial charge in [0.05, 0.1) is 11.7 Å². The summed E-state index contributed by atoms with van der Waals surface area (Å²) in [5, 5.41) is 0.935. The van der Waals surface area contributed by atoms with Crippen LogP contribution in [-0.4, -0.2) is 17.4 Å². The minimum Gasteiger partial charge on any atom is -0.250 e. The molecule has 0 aromatic carbocycles. The SMILES string of the molecule is Cc1cccnc1SCCF. The van der Waals surface area contributed by atoms with Crippen molar-refractivity contribution < 1.29 is 4.39 Å². The van der Waals surface area contributed by atoms with Crippen molar-refractivity contribution in [3.8, 4) is 0 Å². The van der Waals surface area contributed by atoms with E-state index in [1.165, 1.54) is 11.8 Å². The van der Waals surface area contributed by atoms with E-state index in [4.69, 9.17) is 0 Å². The highest BCUT2D eigenvalue weighted by Crippen LogP contribution is 2.18. The van der Waals surface area contributed by atoms with Crippen molar-refractivity contribution in [2.24, 2.45) is 0 Å². The van der Waals surface area contributed by atoms with Gasteiger partial charge in [-0.3, -0.25) is 4.39 Å². The third kappa shape index (κ3) is 2.50. The highest BCUT2D eigenvalue weighted by molar-refractivity contribution is 7.99. The first-order valence-corrected chi connectivity index (χ1v) is 4.43. The average Bonchev–Trinajstić information content (AvgIpc) is 2.03. The molecular formula is C8H10FNS. The molecule has 0 saturated heterocycles. The molecule has 60 valence electrons. The number of rotatable bonds is 3. The highest BCUT2D eigenvalue weighted by atomic mass is 32.2. The first-order chi connectivity index (χ1) is 5.34. The van der Waals surface area contributed by atoms with E-state index in [1.807, 2.05) is 19.1 Å². The van der Waals surface area contributed by atoms with Gasteiger partial charge in [0.1, 0.15) is 0 Å². The van der Waals surface area contributed by atoms with Gasteiger partial charge in [0.25, 0.3) is 0 Å². The summed E-state index contributed by atoms with van der Waals surface area (Å²) >= 11 is 1.46. The Labute approximate surface area is 70.0 Å². The van der Waals surface area contributed by atoms with Gasteiger partial charge >= 0.3 is 0 Å². The van der Waals surface area contributed by atoms with Crippen molar-refractivity contribution in [2.45, 2.75) is 11.9 Å². The summed E-state index contributed by atoms with van der Waals surface area (Å²) < 4.78 is 11.8. The van der Waals surface area contributed by atoms with Crippen LogP contribution in [0.4, 0.5) is 4.39 Å². The van der Waals surface area contributed by atoms with Crippen LogP contribution < -0.4 is 0 Å². The molecule has 0 unspecified atom stereocenters. The van der Waals surface area contributed by atoms with E-state index in [-0.39, 0.29) is 6.67 Å². The van der Waals surface area contributed by atoms with Crippen LogP contribution in [0, 0.1) is 6.92 Å². The third-order valence-corrected chi connectivity index (χ3v) is 2.34. The van der Waals surface area contributed by atoms with Crippen molar-refractivity contribution in [2.75, 3.05) is 12.4 Å². The molecule has 0 saturated carbocycles. The molecular weight excluding hydrogens is 161 g/mol. The Morgan fingerprint density at radius 1 is 1.64 bits per heavy atom. The zero-order valence-electron chi connectivity index (χ0n) is 6.38. The molecule has 1 aromatic heterocycles. The molecule has 11 heavy (non-hydrogen) atoms. The molecule has 1 heterocycles. The summed E-state index contributed by atoms with van der Waals surface area (Å²) in [5.41, 5.74) is 1.12. The van der Waals surface area contributed by atoms with Crippen LogP contribution in [-0.2, 0) is 0 Å². The number of aromatic nitrogens is 1. The van der Waals surface area contributed by atoms with E-state index >= 15 is 0 Å². The molecule has 0 amide bonds. The van der Waals surface area contributed by atoms with Gasteiger partial charge < -0.3 is 0 Å². The number of alkyl halides is 1. The monoisotopic (exact) mass is 171 g/mol. The maximum atomic E-state index is 11.8. The molecule has 0 aliphatic heterocycles. The zero-order valence-corrected chi connectivity index (χ0v) is 7.20. The zero-order chi connectivity index (χ0) is 8.10. The molecule has 1 aromatic rings. The molecule has 1 nitrogen and oxygen atoms in total. The number of pyridine rings is 1. The fourth-order valence-corrected chi connectivity index (χ4v) is 1.46. The van der Waals surface area contributed by atoms with Gasteiger partial charge in [-0.2, -0.15) is 0 Å². The Bertz CT molecular complexity index is 227. The maximum Gasteiger partial charge on any atom is 0.0989 e. The van der Waals surface area contributed by atoms with E-state index in [1.54, 1.807) is 6.20 Å². The Kier molecular flexibility index (Phi) is 3.36. The van der Waals surface area contributed by atoms with Gasteiger partial charge in [0.2, 0.25) is 0 Å². The van der Waals surface area contributed by atoms with Crippen LogP contribution in [0.15, 0.2) is 23.4 Å². The van der Waals surface area contributed by atoms with E-state index in [0.717, 1.165) is 10.6 Å². The fourth-order valence-electron chi connectivity index (χ4n) is 0.758. The van der Waals surface area contributed by atoms with Crippen molar-refractivity contribution in [3.05, 3.63) is 23.9 Å². The molecule has 0 bridgehead atoms. The lowest BCUT2D eigenvalue weighted by molar-refractivity contribution is 0.532. The topological polar surface area (TPSA) is 12.9 Å². The Morgan fingerprint density at radius 3 is 3.09 bits per heavy atom. The summed E-state index contributed by atoms with van der Waals surface area (Å²) in [7, 11) is 0. The quantitative estimate of drug-likeness (QED) is 0.648. The molecule has 0 atom stereocenters. The second kappa shape index (κ2) is 4.34. The molecule has 0 spiro atoms. The Balaban J connectivity index is 2.62. The molecule has 0 aliphatic rings. The van der Waals surface area contributed by atoms with Crippen molar-refractivity contribution in [1.82, 2.24) is 4.98 Å². The second-order valence-electron chi connectivity index (χ2n) is 2.16. The van der Waals surface area contributed by atoms with Gasteiger partial charge in [-0.05, 0) is 18.6 Å². The van der Waals surface area contributed by atoms with E-state index in [9.17, 15) is 4.39 Å². The third-order valence-electron chi connectivity index (χ3n) is 1.28. The fraction of sp³-hybridized carbons (Fsp3) is 0.375. The van der Waals surface area contributed by atoms with E-state index in [2.05, 4.69) is 4.98 Å². The predicted molar refractivity (Wildman–Crippen MR) is 45.7 cm³/mol. The summed E-state index contributed by atoms with van der Waals surface area (Å²) in [6, 6.07) is 3.86. The van der Waals surface area contributed by atoms with Gasteiger partial charge in [-0.25, -0.2) is 4.98 Å². The van der Waals surface area contributed by atoms with E-state index in [0.29, 0.717) is 5.75 Å². The summed E-state index contributed by atoms with van der Waals surface area (Å²) in [4.78, 5) is 4.11. The highest BCUT2D eigenvalue weighted by Gasteiger charge is 1.97. The average molecular weight is 171 g/mol. The first kappa shape index (κ1) is 8.53. The molecule has 3 heteroatoms. The van der Waals surface area contributed by atoms with Crippen LogP contribution in [0.2, 0.25) is 0 Å². The maximum absolute atomic E-state index is 11.8. The number of hydrogen-bond acceptors (Lipinski definition) is 2. The summed E-state index contributed by atoms with van der Waals surface area (Å²) in [5.74, 6) is 0.498. The van der Waals surface area contributed by atoms with Crippen LogP contribution in [0.1, 0.15) is 5.56 Å². The van der Waals surface area contributed by atoms with Gasteiger partial charge in [-0.1, -0.05) is 6.07 Å². The molecule has 0 radical (unpaired) electrons. The van der Waals surface area contributed by atoms with Crippen LogP contribution in [0.3, 0.4) is 0 Å². The minimum absolute atomic E-state index is 0.291. The number of halogens is 1. The predicted octanol–water partition coefficient (Wildman–Crippen LogP) is 2.45. The standard InChI is InChI=1S/C8H10FNS/c1-7-3-2-5-10-8(7)11-6-4-9/h2-3,5H,4,6H2,1H3. The number of aryl methyl sites for hydroxylation is 1. The summed E-state index contributed by atoms with van der Waals surface area (Å²) in [6.45, 7) is 1.69. The summed E-state index contributed by atoms with van der Waals surface area (Å²) in [6.07, 6.45) is 1.73. The van der Waals surface area contributed by atoms with Crippen molar-refractivity contribution in [1.29, 1.82) is 0 Å². The lowest BCUT2D eigenvalue weighted by Gasteiger charge is -2.00. The smallest absolute Gasteiger partial charge is 0.0989 e. The molecule has 0 N–H and O–H groups in total. The van der Waals surface area contributed by atoms with Gasteiger partial charge in [0.15, 0.2) is 0 Å². The van der Waals surface area contributed by atoms with Gasteiger partial charge in [0, 0.05) is 11.9 Å². The number of thioether (sulfide) groups is 1. The molecule has 0 fully saturated rings. The normalized spacial score (nSPS) is 10.0. The minimum atomic E-state index is -0.291. The van der Waals surface area contributed by atoms with Crippen LogP contribution >= 0.6 is 11.8 Å². The molecule has 0 aliphatic carbocycles. The number of nitrogens with zero attached hydrogens (tertiary/aromatic N) is 1. The lowest BCUT2D eigenvalue weighted by atomic mass is 10.3. The Morgan fingerprint density at radius 2 is 2.45 bits per heavy atom. The van der Waals surface area contributed by atoms with Crippen molar-refractivity contribution >= 4 is 11.8 Å². The molecule has 1 rings (SSSR count). The van der Waals surface area contributed by atoms with Crippen LogP contribution in [0.25, 0.3) is 0 Å². The Hall–Kier alpha value is -0.570. The largest absolute Gasteiger partial charge is 0.250 e. The first-order valence-electron chi connectivity index (χ1n) is 3.45. The second-order valence-corrected chi connectivity index (χ2v) is 3.25. The number of hydrogen-bond donors (Lipinski definition) is 0. The van der Waals surface area contributed by atoms with E-state index < -0.39 is 0 Å². The lowest BCUT2D eigenvalue weighted by Crippen LogP contribution is -1.86. The van der Waals surface area contributed by atoms with Crippen LogP contribution in [0.5, 0.6) is 0 Å². The van der Waals surface area contributed by atoms with Crippen molar-refractivity contribution in [3.63, 3.8) is 0 Å².